The molecule has 8 heteroatoms. The van der Waals surface area contributed by atoms with Gasteiger partial charge in [0, 0.05) is 11.4 Å². The summed E-state index contributed by atoms with van der Waals surface area (Å²) in [5, 5.41) is 11.4. The molecule has 32 heavy (non-hydrogen) atoms. The van der Waals surface area contributed by atoms with Crippen molar-refractivity contribution in [2.75, 3.05) is 13.2 Å². The SMILES string of the molecule is O=c1[nH]c(CN(Cc2ccco2)C[C@@H](O)COc2ccccc2)nc2sc3c(c12)CCC3. The van der Waals surface area contributed by atoms with Crippen molar-refractivity contribution in [1.82, 2.24) is 14.9 Å². The number of benzene rings is 1. The van der Waals surface area contributed by atoms with Crippen LogP contribution < -0.4 is 10.3 Å². The molecule has 3 aromatic heterocycles. The molecule has 0 radical (unpaired) electrons. The van der Waals surface area contributed by atoms with Crippen LogP contribution in [0.4, 0.5) is 0 Å². The number of nitrogens with zero attached hydrogens (tertiary/aromatic N) is 2. The molecule has 2 N–H and O–H groups in total. The van der Waals surface area contributed by atoms with E-state index in [0.717, 1.165) is 35.2 Å². The summed E-state index contributed by atoms with van der Waals surface area (Å²) in [4.78, 5) is 24.6. The average molecular weight is 452 g/mol. The fraction of sp³-hybridized carbons (Fsp3) is 0.333. The zero-order valence-corrected chi connectivity index (χ0v) is 18.4. The maximum atomic E-state index is 12.8. The van der Waals surface area contributed by atoms with Gasteiger partial charge in [-0.1, -0.05) is 18.2 Å². The van der Waals surface area contributed by atoms with Crippen LogP contribution in [0.1, 0.15) is 28.4 Å². The van der Waals surface area contributed by atoms with Crippen molar-refractivity contribution in [3.8, 4) is 5.75 Å². The highest BCUT2D eigenvalue weighted by molar-refractivity contribution is 7.18. The summed E-state index contributed by atoms with van der Waals surface area (Å²) in [7, 11) is 0. The predicted molar refractivity (Wildman–Crippen MR) is 123 cm³/mol. The second-order valence-electron chi connectivity index (χ2n) is 8.08. The maximum Gasteiger partial charge on any atom is 0.259 e. The third kappa shape index (κ3) is 4.62. The molecule has 1 aliphatic carbocycles. The number of ether oxygens (including phenoxy) is 1. The van der Waals surface area contributed by atoms with E-state index in [2.05, 4.69) is 4.98 Å². The number of rotatable bonds is 9. The van der Waals surface area contributed by atoms with Crippen molar-refractivity contribution < 1.29 is 14.3 Å². The van der Waals surface area contributed by atoms with Crippen molar-refractivity contribution >= 4 is 21.6 Å². The largest absolute Gasteiger partial charge is 0.491 e. The van der Waals surface area contributed by atoms with Gasteiger partial charge in [-0.05, 0) is 49.1 Å². The third-order valence-corrected chi connectivity index (χ3v) is 6.80. The van der Waals surface area contributed by atoms with Gasteiger partial charge in [0.15, 0.2) is 0 Å². The topological polar surface area (TPSA) is 91.6 Å². The first kappa shape index (κ1) is 20.9. The number of thiophene rings is 1. The normalized spacial score (nSPS) is 14.2. The number of para-hydroxylation sites is 1. The van der Waals surface area contributed by atoms with E-state index in [1.807, 2.05) is 47.4 Å². The Kier molecular flexibility index (Phi) is 6.07. The Morgan fingerprint density at radius 2 is 2.06 bits per heavy atom. The molecular formula is C24H25N3O4S. The first-order valence-electron chi connectivity index (χ1n) is 10.8. The van der Waals surface area contributed by atoms with Crippen LogP contribution in [0.3, 0.4) is 0 Å². The molecule has 5 rings (SSSR count). The molecule has 0 unspecified atom stereocenters. The maximum absolute atomic E-state index is 12.8. The average Bonchev–Trinajstić information content (AvgIpc) is 3.51. The second kappa shape index (κ2) is 9.28. The number of aryl methyl sites for hydroxylation is 2. The predicted octanol–water partition coefficient (Wildman–Crippen LogP) is 3.51. The number of nitrogens with one attached hydrogen (secondary N) is 1. The fourth-order valence-corrected chi connectivity index (χ4v) is 5.48. The molecule has 1 aliphatic rings. The van der Waals surface area contributed by atoms with E-state index in [-0.39, 0.29) is 12.2 Å². The molecular weight excluding hydrogens is 426 g/mol. The van der Waals surface area contributed by atoms with Gasteiger partial charge in [0.2, 0.25) is 0 Å². The smallest absolute Gasteiger partial charge is 0.259 e. The highest BCUT2D eigenvalue weighted by atomic mass is 32.1. The van der Waals surface area contributed by atoms with E-state index < -0.39 is 6.10 Å². The minimum atomic E-state index is -0.717. The molecule has 3 heterocycles. The molecule has 0 spiro atoms. The van der Waals surface area contributed by atoms with Gasteiger partial charge in [-0.15, -0.1) is 11.3 Å². The molecule has 7 nitrogen and oxygen atoms in total. The third-order valence-electron chi connectivity index (χ3n) is 5.61. The quantitative estimate of drug-likeness (QED) is 0.405. The summed E-state index contributed by atoms with van der Waals surface area (Å²) >= 11 is 1.63. The Morgan fingerprint density at radius 1 is 1.19 bits per heavy atom. The Balaban J connectivity index is 1.32. The lowest BCUT2D eigenvalue weighted by Gasteiger charge is -2.24. The molecule has 166 valence electrons. The standard InChI is InChI=1S/C24H25N3O4S/c28-16(15-31-17-6-2-1-3-7-17)12-27(13-18-8-5-11-30-18)14-21-25-23(29)22-19-9-4-10-20(19)32-24(22)26-21/h1-3,5-8,11,16,28H,4,9-10,12-15H2,(H,25,26,29)/t16-/m1/s1. The molecule has 1 atom stereocenters. The van der Waals surface area contributed by atoms with Crippen molar-refractivity contribution in [3.05, 3.63) is 81.1 Å². The lowest BCUT2D eigenvalue weighted by atomic mass is 10.2. The molecule has 0 aliphatic heterocycles. The van der Waals surface area contributed by atoms with Gasteiger partial charge in [-0.3, -0.25) is 9.69 Å². The van der Waals surface area contributed by atoms with Crippen molar-refractivity contribution in [3.63, 3.8) is 0 Å². The highest BCUT2D eigenvalue weighted by Gasteiger charge is 2.22. The Morgan fingerprint density at radius 3 is 2.88 bits per heavy atom. The first-order valence-corrected chi connectivity index (χ1v) is 11.6. The van der Waals surface area contributed by atoms with E-state index in [0.29, 0.717) is 31.2 Å². The zero-order chi connectivity index (χ0) is 21.9. The zero-order valence-electron chi connectivity index (χ0n) is 17.6. The summed E-state index contributed by atoms with van der Waals surface area (Å²) in [6.45, 7) is 1.38. The Bertz CT molecular complexity index is 1230. The lowest BCUT2D eigenvalue weighted by Crippen LogP contribution is -2.35. The summed E-state index contributed by atoms with van der Waals surface area (Å²) in [6, 6.07) is 13.1. The highest BCUT2D eigenvalue weighted by Crippen LogP contribution is 2.34. The van der Waals surface area contributed by atoms with Gasteiger partial charge in [-0.2, -0.15) is 0 Å². The fourth-order valence-electron chi connectivity index (χ4n) is 4.20. The summed E-state index contributed by atoms with van der Waals surface area (Å²) in [5.74, 6) is 2.08. The minimum Gasteiger partial charge on any atom is -0.491 e. The number of hydrogen-bond donors (Lipinski definition) is 2. The molecule has 4 aromatic rings. The number of aromatic amines is 1. The van der Waals surface area contributed by atoms with E-state index in [1.165, 1.54) is 10.4 Å². The van der Waals surface area contributed by atoms with Crippen molar-refractivity contribution in [2.45, 2.75) is 38.5 Å². The second-order valence-corrected chi connectivity index (χ2v) is 9.16. The summed E-state index contributed by atoms with van der Waals surface area (Å²) in [5.41, 5.74) is 1.10. The molecule has 0 fully saturated rings. The minimum absolute atomic E-state index is 0.0738. The molecule has 0 saturated carbocycles. The number of hydrogen-bond acceptors (Lipinski definition) is 7. The van der Waals surface area contributed by atoms with E-state index in [9.17, 15) is 9.90 Å². The van der Waals surface area contributed by atoms with Gasteiger partial charge in [-0.25, -0.2) is 4.98 Å². The van der Waals surface area contributed by atoms with Crippen LogP contribution in [0.2, 0.25) is 0 Å². The van der Waals surface area contributed by atoms with Crippen LogP contribution in [0.5, 0.6) is 5.75 Å². The Labute approximate surface area is 189 Å². The first-order chi connectivity index (χ1) is 15.7. The molecule has 1 aromatic carbocycles. The van der Waals surface area contributed by atoms with E-state index in [1.54, 1.807) is 17.6 Å². The van der Waals surface area contributed by atoms with Gasteiger partial charge in [0.25, 0.3) is 5.56 Å². The van der Waals surface area contributed by atoms with Crippen molar-refractivity contribution in [1.29, 1.82) is 0 Å². The Hall–Kier alpha value is -2.94. The van der Waals surface area contributed by atoms with Crippen LogP contribution >= 0.6 is 11.3 Å². The van der Waals surface area contributed by atoms with Gasteiger partial charge >= 0.3 is 0 Å². The number of fused-ring (bicyclic) bond motifs is 3. The van der Waals surface area contributed by atoms with Gasteiger partial charge < -0.3 is 19.2 Å². The van der Waals surface area contributed by atoms with Crippen LogP contribution in [-0.2, 0) is 25.9 Å². The molecule has 0 saturated heterocycles. The van der Waals surface area contributed by atoms with E-state index in [4.69, 9.17) is 14.1 Å². The van der Waals surface area contributed by atoms with Crippen molar-refractivity contribution in [2.24, 2.45) is 0 Å². The number of aliphatic hydroxyl groups is 1. The number of H-pyrrole nitrogens is 1. The summed E-state index contributed by atoms with van der Waals surface area (Å²) in [6.07, 6.45) is 4.01. The summed E-state index contributed by atoms with van der Waals surface area (Å²) < 4.78 is 11.2. The number of aliphatic hydroxyl groups excluding tert-OH is 1. The molecule has 0 bridgehead atoms. The van der Waals surface area contributed by atoms with Crippen LogP contribution in [0.25, 0.3) is 10.2 Å². The van der Waals surface area contributed by atoms with Gasteiger partial charge in [0.1, 0.15) is 34.9 Å². The van der Waals surface area contributed by atoms with Crippen LogP contribution in [0.15, 0.2) is 57.9 Å². The number of furan rings is 1. The molecule has 0 amide bonds. The van der Waals surface area contributed by atoms with Gasteiger partial charge in [0.05, 0.1) is 24.7 Å². The van der Waals surface area contributed by atoms with Crippen LogP contribution in [-0.4, -0.2) is 39.2 Å². The van der Waals surface area contributed by atoms with Crippen LogP contribution in [0, 0.1) is 0 Å². The van der Waals surface area contributed by atoms with E-state index >= 15 is 0 Å². The monoisotopic (exact) mass is 451 g/mol. The number of aromatic nitrogens is 2. The lowest BCUT2D eigenvalue weighted by molar-refractivity contribution is 0.0595.